The van der Waals surface area contributed by atoms with E-state index in [1.807, 2.05) is 25.2 Å². The number of anilines is 1. The van der Waals surface area contributed by atoms with Gasteiger partial charge in [-0.2, -0.15) is 0 Å². The molecule has 0 spiro atoms. The van der Waals surface area contributed by atoms with Gasteiger partial charge in [-0.15, -0.1) is 11.3 Å². The highest BCUT2D eigenvalue weighted by molar-refractivity contribution is 7.12. The maximum absolute atomic E-state index is 4.45. The molecule has 0 amide bonds. The molecule has 0 fully saturated rings. The van der Waals surface area contributed by atoms with E-state index < -0.39 is 0 Å². The Balaban J connectivity index is 1.99. The minimum atomic E-state index is 0.821. The highest BCUT2D eigenvalue weighted by atomic mass is 32.1. The van der Waals surface area contributed by atoms with Crippen LogP contribution < -0.4 is 5.32 Å². The van der Waals surface area contributed by atoms with E-state index in [0.717, 1.165) is 30.2 Å². The van der Waals surface area contributed by atoms with Crippen LogP contribution in [0.3, 0.4) is 0 Å². The summed E-state index contributed by atoms with van der Waals surface area (Å²) in [5, 5.41) is 3.30. The summed E-state index contributed by atoms with van der Waals surface area (Å²) in [5.41, 5.74) is 1.97. The summed E-state index contributed by atoms with van der Waals surface area (Å²) in [7, 11) is 0. The number of thiophene rings is 1. The Kier molecular flexibility index (Phi) is 3.74. The Morgan fingerprint density at radius 2 is 1.94 bits per heavy atom. The van der Waals surface area contributed by atoms with Gasteiger partial charge in [0.1, 0.15) is 5.82 Å². The fourth-order valence-electron chi connectivity index (χ4n) is 1.51. The minimum absolute atomic E-state index is 0.821. The standard InChI is InChI=1S/C13H17N3S/c1-4-11-5-6-12(17-11)7-15-13-8-14-9(2)10(3)16-13/h5-6,8H,4,7H2,1-3H3,(H,15,16). The first kappa shape index (κ1) is 12.0. The molecule has 0 radical (unpaired) electrons. The summed E-state index contributed by atoms with van der Waals surface area (Å²) in [6, 6.07) is 4.36. The molecule has 17 heavy (non-hydrogen) atoms. The molecule has 0 saturated heterocycles. The maximum Gasteiger partial charge on any atom is 0.145 e. The number of hydrogen-bond acceptors (Lipinski definition) is 4. The van der Waals surface area contributed by atoms with Crippen LogP contribution in [0.25, 0.3) is 0 Å². The topological polar surface area (TPSA) is 37.8 Å². The Morgan fingerprint density at radius 1 is 1.18 bits per heavy atom. The second-order valence-electron chi connectivity index (χ2n) is 4.00. The molecular weight excluding hydrogens is 230 g/mol. The zero-order valence-corrected chi connectivity index (χ0v) is 11.3. The van der Waals surface area contributed by atoms with Crippen LogP contribution in [0.2, 0.25) is 0 Å². The highest BCUT2D eigenvalue weighted by Crippen LogP contribution is 2.18. The molecule has 0 aromatic carbocycles. The molecule has 1 N–H and O–H groups in total. The Bertz CT molecular complexity index is 505. The molecule has 2 rings (SSSR count). The number of aromatic nitrogens is 2. The molecule has 0 aliphatic carbocycles. The summed E-state index contributed by atoms with van der Waals surface area (Å²) in [6.45, 7) is 6.95. The van der Waals surface area contributed by atoms with Crippen molar-refractivity contribution in [1.82, 2.24) is 9.97 Å². The lowest BCUT2D eigenvalue weighted by Crippen LogP contribution is -2.02. The van der Waals surface area contributed by atoms with Crippen LogP contribution >= 0.6 is 11.3 Å². The van der Waals surface area contributed by atoms with Crippen LogP contribution in [0, 0.1) is 13.8 Å². The van der Waals surface area contributed by atoms with E-state index in [9.17, 15) is 0 Å². The van der Waals surface area contributed by atoms with Crippen molar-refractivity contribution in [2.24, 2.45) is 0 Å². The van der Waals surface area contributed by atoms with E-state index >= 15 is 0 Å². The lowest BCUT2D eigenvalue weighted by Gasteiger charge is -2.05. The van der Waals surface area contributed by atoms with Crippen LogP contribution in [0.15, 0.2) is 18.3 Å². The van der Waals surface area contributed by atoms with Gasteiger partial charge in [-0.05, 0) is 32.4 Å². The fourth-order valence-corrected chi connectivity index (χ4v) is 2.41. The molecule has 2 aromatic heterocycles. The van der Waals surface area contributed by atoms with E-state index in [0.29, 0.717) is 0 Å². The van der Waals surface area contributed by atoms with Gasteiger partial charge in [-0.3, -0.25) is 4.98 Å². The molecule has 0 saturated carbocycles. The number of nitrogens with zero attached hydrogens (tertiary/aromatic N) is 2. The van der Waals surface area contributed by atoms with E-state index in [4.69, 9.17) is 0 Å². The smallest absolute Gasteiger partial charge is 0.145 e. The predicted molar refractivity (Wildman–Crippen MR) is 72.5 cm³/mol. The van der Waals surface area contributed by atoms with Gasteiger partial charge in [0.15, 0.2) is 0 Å². The van der Waals surface area contributed by atoms with Crippen LogP contribution in [-0.4, -0.2) is 9.97 Å². The molecule has 0 bridgehead atoms. The zero-order chi connectivity index (χ0) is 12.3. The van der Waals surface area contributed by atoms with Gasteiger partial charge in [0.05, 0.1) is 24.1 Å². The zero-order valence-electron chi connectivity index (χ0n) is 10.4. The third-order valence-corrected chi connectivity index (χ3v) is 3.93. The second kappa shape index (κ2) is 5.27. The van der Waals surface area contributed by atoms with Crippen molar-refractivity contribution in [3.8, 4) is 0 Å². The Morgan fingerprint density at radius 3 is 2.59 bits per heavy atom. The molecule has 3 nitrogen and oxygen atoms in total. The minimum Gasteiger partial charge on any atom is -0.364 e. The highest BCUT2D eigenvalue weighted by Gasteiger charge is 2.01. The molecule has 2 heterocycles. The summed E-state index contributed by atoms with van der Waals surface area (Å²) >= 11 is 1.85. The number of nitrogens with one attached hydrogen (secondary N) is 1. The van der Waals surface area contributed by atoms with Crippen molar-refractivity contribution < 1.29 is 0 Å². The average Bonchev–Trinajstić information content (AvgIpc) is 2.79. The van der Waals surface area contributed by atoms with E-state index in [1.54, 1.807) is 6.20 Å². The van der Waals surface area contributed by atoms with Gasteiger partial charge < -0.3 is 5.32 Å². The van der Waals surface area contributed by atoms with Crippen molar-refractivity contribution in [2.45, 2.75) is 33.7 Å². The van der Waals surface area contributed by atoms with Crippen molar-refractivity contribution in [3.05, 3.63) is 39.5 Å². The maximum atomic E-state index is 4.45. The first-order chi connectivity index (χ1) is 8.19. The first-order valence-corrected chi connectivity index (χ1v) is 6.62. The molecule has 90 valence electrons. The van der Waals surface area contributed by atoms with Gasteiger partial charge >= 0.3 is 0 Å². The van der Waals surface area contributed by atoms with Crippen molar-refractivity contribution in [2.75, 3.05) is 5.32 Å². The fraction of sp³-hybridized carbons (Fsp3) is 0.385. The van der Waals surface area contributed by atoms with Gasteiger partial charge in [0.25, 0.3) is 0 Å². The molecule has 0 aliphatic heterocycles. The summed E-state index contributed by atoms with van der Waals surface area (Å²) in [5.74, 6) is 0.847. The van der Waals surface area contributed by atoms with Crippen molar-refractivity contribution in [1.29, 1.82) is 0 Å². The lowest BCUT2D eigenvalue weighted by atomic mass is 10.3. The quantitative estimate of drug-likeness (QED) is 0.900. The van der Waals surface area contributed by atoms with Gasteiger partial charge in [-0.1, -0.05) is 6.92 Å². The van der Waals surface area contributed by atoms with Crippen LogP contribution in [0.5, 0.6) is 0 Å². The van der Waals surface area contributed by atoms with Gasteiger partial charge in [-0.25, -0.2) is 4.98 Å². The number of rotatable bonds is 4. The van der Waals surface area contributed by atoms with Crippen LogP contribution in [0.4, 0.5) is 5.82 Å². The summed E-state index contributed by atoms with van der Waals surface area (Å²) in [6.07, 6.45) is 2.89. The van der Waals surface area contributed by atoms with E-state index in [-0.39, 0.29) is 0 Å². The van der Waals surface area contributed by atoms with Gasteiger partial charge in [0, 0.05) is 9.75 Å². The number of hydrogen-bond donors (Lipinski definition) is 1. The predicted octanol–water partition coefficient (Wildman–Crippen LogP) is 3.33. The van der Waals surface area contributed by atoms with Crippen LogP contribution in [-0.2, 0) is 13.0 Å². The molecule has 0 aliphatic rings. The number of aryl methyl sites for hydroxylation is 3. The Labute approximate surface area is 106 Å². The molecule has 0 unspecified atom stereocenters. The Hall–Kier alpha value is -1.42. The SMILES string of the molecule is CCc1ccc(CNc2cnc(C)c(C)n2)s1. The third-order valence-electron chi connectivity index (χ3n) is 2.70. The largest absolute Gasteiger partial charge is 0.364 e. The van der Waals surface area contributed by atoms with Crippen molar-refractivity contribution in [3.63, 3.8) is 0 Å². The van der Waals surface area contributed by atoms with E-state index in [2.05, 4.69) is 34.3 Å². The van der Waals surface area contributed by atoms with E-state index in [1.165, 1.54) is 9.75 Å². The summed E-state index contributed by atoms with van der Waals surface area (Å²) < 4.78 is 0. The van der Waals surface area contributed by atoms with Crippen molar-refractivity contribution >= 4 is 17.2 Å². The average molecular weight is 247 g/mol. The molecule has 0 atom stereocenters. The molecular formula is C13H17N3S. The van der Waals surface area contributed by atoms with Crippen LogP contribution in [0.1, 0.15) is 28.1 Å². The normalized spacial score (nSPS) is 10.5. The summed E-state index contributed by atoms with van der Waals surface area (Å²) in [4.78, 5) is 11.5. The first-order valence-electron chi connectivity index (χ1n) is 5.80. The van der Waals surface area contributed by atoms with Gasteiger partial charge in [0.2, 0.25) is 0 Å². The molecule has 2 aromatic rings. The third kappa shape index (κ3) is 3.03. The lowest BCUT2D eigenvalue weighted by molar-refractivity contribution is 1.02. The monoisotopic (exact) mass is 247 g/mol. The second-order valence-corrected chi connectivity index (χ2v) is 5.25. The molecule has 4 heteroatoms.